The highest BCUT2D eigenvalue weighted by Gasteiger charge is 2.19. The van der Waals surface area contributed by atoms with E-state index in [1.807, 2.05) is 0 Å². The highest BCUT2D eigenvalue weighted by atomic mass is 35.5. The van der Waals surface area contributed by atoms with Crippen LogP contribution in [-0.4, -0.2) is 17.4 Å². The summed E-state index contributed by atoms with van der Waals surface area (Å²) in [6, 6.07) is 7.34. The lowest BCUT2D eigenvalue weighted by Gasteiger charge is -2.11. The first-order valence-electron chi connectivity index (χ1n) is 5.27. The Hall–Kier alpha value is -2.01. The molecule has 19 heavy (non-hydrogen) atoms. The van der Waals surface area contributed by atoms with Gasteiger partial charge in [0.05, 0.1) is 10.6 Å². The summed E-state index contributed by atoms with van der Waals surface area (Å²) in [6.07, 6.45) is 2.85. The van der Waals surface area contributed by atoms with Crippen LogP contribution in [0.3, 0.4) is 0 Å². The van der Waals surface area contributed by atoms with Gasteiger partial charge >= 0.3 is 6.61 Å². The predicted molar refractivity (Wildman–Crippen MR) is 65.8 cm³/mol. The van der Waals surface area contributed by atoms with Crippen LogP contribution in [0, 0.1) is 0 Å². The Morgan fingerprint density at radius 1 is 1.26 bits per heavy atom. The van der Waals surface area contributed by atoms with Gasteiger partial charge in [-0.3, -0.25) is 9.78 Å². The van der Waals surface area contributed by atoms with Gasteiger partial charge in [-0.05, 0) is 24.3 Å². The number of benzene rings is 1. The molecule has 2 rings (SSSR count). The van der Waals surface area contributed by atoms with Crippen molar-refractivity contribution in [1.82, 2.24) is 4.98 Å². The standard InChI is InChI=1S/C13H8ClF2NO2/c14-10-5-1-4-9(12(10)19-13(15)16)11(18)8-3-2-6-17-7-8/h1-7,13H. The number of carbonyl (C=O) groups excluding carboxylic acids is 1. The zero-order valence-corrected chi connectivity index (χ0v) is 10.3. The van der Waals surface area contributed by atoms with Crippen molar-refractivity contribution in [3.8, 4) is 5.75 Å². The summed E-state index contributed by atoms with van der Waals surface area (Å²) in [5.41, 5.74) is 0.240. The van der Waals surface area contributed by atoms with Crippen LogP contribution in [0.2, 0.25) is 5.02 Å². The molecule has 3 nitrogen and oxygen atoms in total. The summed E-state index contributed by atoms with van der Waals surface area (Å²) in [6.45, 7) is -3.06. The van der Waals surface area contributed by atoms with Gasteiger partial charge < -0.3 is 4.74 Å². The van der Waals surface area contributed by atoms with Gasteiger partial charge in [0.15, 0.2) is 11.5 Å². The summed E-state index contributed by atoms with van der Waals surface area (Å²) in [4.78, 5) is 16.0. The van der Waals surface area contributed by atoms with Crippen LogP contribution in [0.1, 0.15) is 15.9 Å². The minimum absolute atomic E-state index is 0.0270. The number of ketones is 1. The lowest BCUT2D eigenvalue weighted by Crippen LogP contribution is -2.09. The fraction of sp³-hybridized carbons (Fsp3) is 0.0769. The molecule has 0 radical (unpaired) electrons. The van der Waals surface area contributed by atoms with E-state index in [2.05, 4.69) is 9.72 Å². The number of aromatic nitrogens is 1. The average molecular weight is 284 g/mol. The molecule has 1 aromatic heterocycles. The molecule has 6 heteroatoms. The number of pyridine rings is 1. The van der Waals surface area contributed by atoms with Crippen molar-refractivity contribution in [2.24, 2.45) is 0 Å². The van der Waals surface area contributed by atoms with E-state index in [1.165, 1.54) is 36.7 Å². The second-order valence-electron chi connectivity index (χ2n) is 3.57. The molecular formula is C13H8ClF2NO2. The van der Waals surface area contributed by atoms with Crippen molar-refractivity contribution < 1.29 is 18.3 Å². The van der Waals surface area contributed by atoms with E-state index in [1.54, 1.807) is 6.07 Å². The summed E-state index contributed by atoms with van der Waals surface area (Å²) < 4.78 is 29.0. The van der Waals surface area contributed by atoms with Crippen molar-refractivity contribution >= 4 is 17.4 Å². The van der Waals surface area contributed by atoms with E-state index in [0.29, 0.717) is 0 Å². The van der Waals surface area contributed by atoms with Gasteiger partial charge in [0.1, 0.15) is 0 Å². The fourth-order valence-electron chi connectivity index (χ4n) is 1.55. The number of ether oxygens (including phenoxy) is 1. The van der Waals surface area contributed by atoms with E-state index in [0.717, 1.165) is 0 Å². The molecule has 98 valence electrons. The Labute approximate surface area is 112 Å². The van der Waals surface area contributed by atoms with Gasteiger partial charge in [-0.15, -0.1) is 0 Å². The zero-order chi connectivity index (χ0) is 13.8. The third-order valence-electron chi connectivity index (χ3n) is 2.34. The largest absolute Gasteiger partial charge is 0.432 e. The van der Waals surface area contributed by atoms with Crippen LogP contribution in [0.15, 0.2) is 42.7 Å². The molecule has 0 fully saturated rings. The molecule has 0 aliphatic rings. The number of para-hydroxylation sites is 1. The number of halogens is 3. The third-order valence-corrected chi connectivity index (χ3v) is 2.64. The van der Waals surface area contributed by atoms with Crippen molar-refractivity contribution in [1.29, 1.82) is 0 Å². The first-order chi connectivity index (χ1) is 9.09. The smallest absolute Gasteiger partial charge is 0.387 e. The molecular weight excluding hydrogens is 276 g/mol. The molecule has 0 aliphatic carbocycles. The number of nitrogens with zero attached hydrogens (tertiary/aromatic N) is 1. The highest BCUT2D eigenvalue weighted by Crippen LogP contribution is 2.31. The normalized spacial score (nSPS) is 10.5. The van der Waals surface area contributed by atoms with Crippen LogP contribution in [0.25, 0.3) is 0 Å². The SMILES string of the molecule is O=C(c1cccnc1)c1cccc(Cl)c1OC(F)F. The van der Waals surface area contributed by atoms with Crippen LogP contribution in [-0.2, 0) is 0 Å². The number of rotatable bonds is 4. The maximum Gasteiger partial charge on any atom is 0.387 e. The molecule has 1 aromatic carbocycles. The average Bonchev–Trinajstić information content (AvgIpc) is 2.41. The van der Waals surface area contributed by atoms with Gasteiger partial charge in [0, 0.05) is 18.0 Å². The van der Waals surface area contributed by atoms with Gasteiger partial charge in [0.2, 0.25) is 0 Å². The number of alkyl halides is 2. The predicted octanol–water partition coefficient (Wildman–Crippen LogP) is 3.57. The topological polar surface area (TPSA) is 39.2 Å². The van der Waals surface area contributed by atoms with Crippen LogP contribution in [0.4, 0.5) is 8.78 Å². The Morgan fingerprint density at radius 2 is 2.05 bits per heavy atom. The van der Waals surface area contributed by atoms with Crippen molar-refractivity contribution in [2.75, 3.05) is 0 Å². The van der Waals surface area contributed by atoms with E-state index < -0.39 is 12.4 Å². The fourth-order valence-corrected chi connectivity index (χ4v) is 1.77. The molecule has 0 atom stereocenters. The van der Waals surface area contributed by atoms with Crippen molar-refractivity contribution in [3.63, 3.8) is 0 Å². The van der Waals surface area contributed by atoms with E-state index >= 15 is 0 Å². The maximum atomic E-state index is 12.3. The van der Waals surface area contributed by atoms with Crippen LogP contribution < -0.4 is 4.74 Å². The van der Waals surface area contributed by atoms with Crippen LogP contribution >= 0.6 is 11.6 Å². The van der Waals surface area contributed by atoms with Gasteiger partial charge in [-0.1, -0.05) is 17.7 Å². The Balaban J connectivity index is 2.45. The van der Waals surface area contributed by atoms with E-state index in [-0.39, 0.29) is 21.9 Å². The summed E-state index contributed by atoms with van der Waals surface area (Å²) >= 11 is 5.78. The minimum atomic E-state index is -3.06. The Bertz CT molecular complexity index is 590. The van der Waals surface area contributed by atoms with Crippen molar-refractivity contribution in [3.05, 3.63) is 58.9 Å². The molecule has 0 amide bonds. The third kappa shape index (κ3) is 3.06. The molecule has 0 saturated carbocycles. The maximum absolute atomic E-state index is 12.3. The summed E-state index contributed by atoms with van der Waals surface area (Å²) in [5.74, 6) is -0.806. The number of hydrogen-bond acceptors (Lipinski definition) is 3. The molecule has 0 unspecified atom stereocenters. The van der Waals surface area contributed by atoms with Gasteiger partial charge in [-0.25, -0.2) is 0 Å². The first kappa shape index (κ1) is 13.4. The van der Waals surface area contributed by atoms with Gasteiger partial charge in [0.25, 0.3) is 0 Å². The molecule has 0 bridgehead atoms. The molecule has 2 aromatic rings. The molecule has 0 aliphatic heterocycles. The van der Waals surface area contributed by atoms with E-state index in [9.17, 15) is 13.6 Å². The number of carbonyl (C=O) groups is 1. The molecule has 0 spiro atoms. The number of hydrogen-bond donors (Lipinski definition) is 0. The van der Waals surface area contributed by atoms with Crippen molar-refractivity contribution in [2.45, 2.75) is 6.61 Å². The second kappa shape index (κ2) is 5.75. The zero-order valence-electron chi connectivity index (χ0n) is 9.52. The summed E-state index contributed by atoms with van der Waals surface area (Å²) in [7, 11) is 0. The summed E-state index contributed by atoms with van der Waals surface area (Å²) in [5, 5.41) is -0.0463. The first-order valence-corrected chi connectivity index (χ1v) is 5.65. The lowest BCUT2D eigenvalue weighted by atomic mass is 10.0. The minimum Gasteiger partial charge on any atom is -0.432 e. The van der Waals surface area contributed by atoms with Gasteiger partial charge in [-0.2, -0.15) is 8.78 Å². The second-order valence-corrected chi connectivity index (χ2v) is 3.97. The van der Waals surface area contributed by atoms with E-state index in [4.69, 9.17) is 11.6 Å². The molecule has 1 heterocycles. The quantitative estimate of drug-likeness (QED) is 0.805. The Morgan fingerprint density at radius 3 is 2.68 bits per heavy atom. The Kier molecular flexibility index (Phi) is 4.06. The highest BCUT2D eigenvalue weighted by molar-refractivity contribution is 6.33. The molecule has 0 saturated heterocycles. The monoisotopic (exact) mass is 283 g/mol. The molecule has 0 N–H and O–H groups in total. The lowest BCUT2D eigenvalue weighted by molar-refractivity contribution is -0.0500. The van der Waals surface area contributed by atoms with Crippen LogP contribution in [0.5, 0.6) is 5.75 Å².